The number of carbonyl (C=O) groups is 3. The minimum Gasteiger partial charge on any atom is -0.0653 e. The van der Waals surface area contributed by atoms with Gasteiger partial charge in [-0.15, -0.1) is 0 Å². The van der Waals surface area contributed by atoms with E-state index in [1.165, 1.54) is 0 Å². The fourth-order valence-corrected chi connectivity index (χ4v) is 8.32. The molecule has 0 fully saturated rings. The zero-order chi connectivity index (χ0) is 29.8. The minimum absolute atomic E-state index is 0.199. The number of rotatable bonds is 20. The van der Waals surface area contributed by atoms with Crippen molar-refractivity contribution in [1.29, 1.82) is 5.41 Å². The van der Waals surface area contributed by atoms with E-state index >= 15 is 0 Å². The summed E-state index contributed by atoms with van der Waals surface area (Å²) in [4.78, 5) is 35.2. The maximum atomic E-state index is 13.4. The Hall–Kier alpha value is -2.59. The number of ether oxygens (including phenoxy) is 4. The summed E-state index contributed by atoms with van der Waals surface area (Å²) in [5.41, 5.74) is 2.45. The molecular weight excluding hydrogens is 610 g/mol. The summed E-state index contributed by atoms with van der Waals surface area (Å²) in [6.07, 6.45) is 1.42. The van der Waals surface area contributed by atoms with Crippen molar-refractivity contribution >= 4 is 45.3 Å². The molecule has 1 aromatic rings. The Morgan fingerprint density at radius 1 is 0.875 bits per heavy atom. The summed E-state index contributed by atoms with van der Waals surface area (Å²) in [5.74, 6) is -1.07. The molecule has 0 aliphatic heterocycles. The van der Waals surface area contributed by atoms with E-state index in [4.69, 9.17) is 33.4 Å². The Kier molecular flexibility index (Phi) is 18.0. The van der Waals surface area contributed by atoms with Crippen LogP contribution < -0.4 is 5.09 Å². The molecular formula is C25H40AsN2O11P. The van der Waals surface area contributed by atoms with Gasteiger partial charge in [-0.2, -0.15) is 0 Å². The molecule has 0 spiro atoms. The monoisotopic (exact) mass is 650 g/mol. The summed E-state index contributed by atoms with van der Waals surface area (Å²) in [5, 5.41) is 20.7. The van der Waals surface area contributed by atoms with Crippen molar-refractivity contribution in [3.63, 3.8) is 0 Å². The first-order chi connectivity index (χ1) is 19.1. The number of aliphatic carboxylic acids is 1. The molecule has 0 aliphatic carbocycles. The Balaban J connectivity index is 2.78. The van der Waals surface area contributed by atoms with Crippen LogP contribution in [0.1, 0.15) is 45.1 Å². The second-order valence-corrected chi connectivity index (χ2v) is 14.9. The molecule has 0 saturated heterocycles. The SMILES string of the molecule is CCCCOC(=O)OCCOP(=O)(NC(=N)[As](C)C(Cc1ccccc1)C(=O)O)OCCOC(=O)OCCCC. The van der Waals surface area contributed by atoms with Crippen molar-refractivity contribution in [1.82, 2.24) is 5.09 Å². The summed E-state index contributed by atoms with van der Waals surface area (Å²) >= 11 is -2.64. The maximum absolute atomic E-state index is 13.4. The van der Waals surface area contributed by atoms with Crippen LogP contribution >= 0.6 is 7.75 Å². The molecule has 0 radical (unpaired) electrons. The zero-order valence-corrected chi connectivity index (χ0v) is 25.9. The molecule has 0 amide bonds. The van der Waals surface area contributed by atoms with Crippen molar-refractivity contribution in [2.24, 2.45) is 0 Å². The number of hydrogen-bond donors (Lipinski definition) is 3. The van der Waals surface area contributed by atoms with Gasteiger partial charge in [-0.3, -0.25) is 0 Å². The van der Waals surface area contributed by atoms with Gasteiger partial charge in [0, 0.05) is 0 Å². The molecule has 1 aromatic carbocycles. The van der Waals surface area contributed by atoms with Crippen molar-refractivity contribution in [2.45, 2.75) is 56.4 Å². The molecule has 226 valence electrons. The van der Waals surface area contributed by atoms with E-state index < -0.39 is 45.4 Å². The van der Waals surface area contributed by atoms with Gasteiger partial charge >= 0.3 is 226 Å². The molecule has 1 rings (SSSR count). The van der Waals surface area contributed by atoms with Gasteiger partial charge < -0.3 is 0 Å². The molecule has 15 heteroatoms. The summed E-state index contributed by atoms with van der Waals surface area (Å²) in [7, 11) is -4.25. The fraction of sp³-hybridized carbons (Fsp3) is 0.600. The third kappa shape index (κ3) is 15.3. The predicted octanol–water partition coefficient (Wildman–Crippen LogP) is 4.96. The Bertz CT molecular complexity index is 933. The van der Waals surface area contributed by atoms with E-state index in [1.807, 2.05) is 19.9 Å². The second kappa shape index (κ2) is 20.3. The van der Waals surface area contributed by atoms with Crippen molar-refractivity contribution in [3.8, 4) is 0 Å². The van der Waals surface area contributed by atoms with Crippen LogP contribution in [0.25, 0.3) is 0 Å². The van der Waals surface area contributed by atoms with Crippen LogP contribution in [0.4, 0.5) is 9.59 Å². The second-order valence-electron chi connectivity index (χ2n) is 8.38. The number of carbonyl (C=O) groups excluding carboxylic acids is 2. The van der Waals surface area contributed by atoms with Crippen LogP contribution in [-0.4, -0.2) is 82.3 Å². The van der Waals surface area contributed by atoms with E-state index in [2.05, 4.69) is 5.09 Å². The number of carboxylic acid groups (broad SMARTS) is 1. The van der Waals surface area contributed by atoms with E-state index in [0.717, 1.165) is 18.4 Å². The van der Waals surface area contributed by atoms with Crippen molar-refractivity contribution in [2.75, 3.05) is 39.6 Å². The van der Waals surface area contributed by atoms with Crippen molar-refractivity contribution in [3.05, 3.63) is 35.9 Å². The van der Waals surface area contributed by atoms with Crippen LogP contribution in [0.15, 0.2) is 30.3 Å². The summed E-state index contributed by atoms with van der Waals surface area (Å²) in [6, 6.07) is 9.01. The average Bonchev–Trinajstić information content (AvgIpc) is 2.92. The molecule has 40 heavy (non-hydrogen) atoms. The first kappa shape index (κ1) is 35.4. The van der Waals surface area contributed by atoms with Crippen LogP contribution in [0.5, 0.6) is 0 Å². The normalized spacial score (nSPS) is 12.6. The minimum atomic E-state index is -4.25. The summed E-state index contributed by atoms with van der Waals surface area (Å²) < 4.78 is 42.4. The zero-order valence-electron chi connectivity index (χ0n) is 23.2. The van der Waals surface area contributed by atoms with Crippen LogP contribution in [-0.2, 0) is 43.8 Å². The standard InChI is InChI=1S/C25H40AsN2O11P/c1-4-6-13-34-24(31)36-15-17-38-40(33,39-18-16-37-25(32)35-14-7-5-2)28-23(27)26(3)21(22(29)30)19-20-11-9-8-10-12-20/h8-12,21H,4-7,13-19H2,1-3H3,(H,29,30)(H2,27,28,33). The quantitative estimate of drug-likeness (QED) is 0.0432. The van der Waals surface area contributed by atoms with Gasteiger partial charge in [0.2, 0.25) is 0 Å². The summed E-state index contributed by atoms with van der Waals surface area (Å²) in [6.45, 7) is 2.92. The predicted molar refractivity (Wildman–Crippen MR) is 148 cm³/mol. The van der Waals surface area contributed by atoms with Gasteiger partial charge in [-0.25, -0.2) is 0 Å². The Morgan fingerprint density at radius 2 is 1.35 bits per heavy atom. The molecule has 2 unspecified atom stereocenters. The topological polar surface area (TPSA) is 180 Å². The van der Waals surface area contributed by atoms with Crippen LogP contribution in [0.3, 0.4) is 0 Å². The number of unbranched alkanes of at least 4 members (excludes halogenated alkanes) is 2. The average molecular weight is 650 g/mol. The van der Waals surface area contributed by atoms with Gasteiger partial charge in [-0.1, -0.05) is 13.8 Å². The molecule has 2 atom stereocenters. The van der Waals surface area contributed by atoms with E-state index in [-0.39, 0.29) is 50.7 Å². The number of benzene rings is 1. The smallest absolute Gasteiger partial charge is 0.0653 e. The molecule has 0 aliphatic rings. The van der Waals surface area contributed by atoms with Crippen LogP contribution in [0, 0.1) is 5.41 Å². The molecule has 13 nitrogen and oxygen atoms in total. The fourth-order valence-electron chi connectivity index (χ4n) is 2.94. The third-order valence-corrected chi connectivity index (χ3v) is 11.6. The number of amidine groups is 1. The third-order valence-electron chi connectivity index (χ3n) is 5.18. The van der Waals surface area contributed by atoms with Gasteiger partial charge in [0.15, 0.2) is 0 Å². The molecule has 0 bridgehead atoms. The number of hydrogen-bond acceptors (Lipinski definition) is 11. The number of carboxylic acids is 1. The molecule has 3 N–H and O–H groups in total. The van der Waals surface area contributed by atoms with E-state index in [0.29, 0.717) is 12.8 Å². The van der Waals surface area contributed by atoms with Gasteiger partial charge in [0.05, 0.1) is 0 Å². The molecule has 0 heterocycles. The van der Waals surface area contributed by atoms with E-state index in [9.17, 15) is 24.1 Å². The Morgan fingerprint density at radius 3 is 1.80 bits per heavy atom. The van der Waals surface area contributed by atoms with E-state index in [1.54, 1.807) is 30.0 Å². The van der Waals surface area contributed by atoms with Gasteiger partial charge in [0.25, 0.3) is 0 Å². The Labute approximate surface area is 239 Å². The molecule has 0 aromatic heterocycles. The number of nitrogens with one attached hydrogen (secondary N) is 2. The van der Waals surface area contributed by atoms with Gasteiger partial charge in [-0.05, 0) is 0 Å². The molecule has 0 saturated carbocycles. The van der Waals surface area contributed by atoms with Crippen molar-refractivity contribution < 1.29 is 52.1 Å². The first-order valence-electron chi connectivity index (χ1n) is 13.0. The van der Waals surface area contributed by atoms with Crippen LogP contribution in [0.2, 0.25) is 10.4 Å². The van der Waals surface area contributed by atoms with Gasteiger partial charge in [0.1, 0.15) is 0 Å². The first-order valence-corrected chi connectivity index (χ1v) is 18.4.